The van der Waals surface area contributed by atoms with Crippen LogP contribution in [-0.2, 0) is 7.05 Å². The Morgan fingerprint density at radius 2 is 1.58 bits per heavy atom. The maximum absolute atomic E-state index is 2.53. The van der Waals surface area contributed by atoms with Crippen LogP contribution in [0.4, 0.5) is 0 Å². The van der Waals surface area contributed by atoms with E-state index in [2.05, 4.69) is 115 Å². The Hall–Kier alpha value is -3.56. The Balaban J connectivity index is 1.80. The van der Waals surface area contributed by atoms with Crippen LogP contribution in [0.1, 0.15) is 11.1 Å². The normalized spacial score (nSPS) is 12.2. The van der Waals surface area contributed by atoms with E-state index in [1.165, 1.54) is 69.9 Å². The third-order valence-electron chi connectivity index (χ3n) is 7.15. The molecule has 2 nitrogen and oxygen atoms in total. The Morgan fingerprint density at radius 3 is 2.42 bits per heavy atom. The molecule has 7 rings (SSSR count). The molecule has 0 unspecified atom stereocenters. The molecular formula is C30H23N2S+. The van der Waals surface area contributed by atoms with Crippen LogP contribution in [0.3, 0.4) is 0 Å². The molecule has 0 amide bonds. The van der Waals surface area contributed by atoms with Crippen molar-refractivity contribution in [3.05, 3.63) is 96.2 Å². The zero-order valence-corrected chi connectivity index (χ0v) is 19.7. The first kappa shape index (κ1) is 19.0. The van der Waals surface area contributed by atoms with Crippen molar-refractivity contribution in [1.29, 1.82) is 0 Å². The second kappa shape index (κ2) is 6.72. The standard InChI is InChI=1S/C30H23N2S/c1-18-17-23-22-12-8-14-25(33-21-10-5-4-6-11-21)28(22)32-24-13-7-9-20-15-16-31(3)30(27(20)24)26(19(18)2)29(23)32/h4-17H,1-3H3/q+1. The molecule has 0 aliphatic heterocycles. The summed E-state index contributed by atoms with van der Waals surface area (Å²) in [5.74, 6) is 0. The Morgan fingerprint density at radius 1 is 0.758 bits per heavy atom. The van der Waals surface area contributed by atoms with E-state index in [1.54, 1.807) is 0 Å². The van der Waals surface area contributed by atoms with Gasteiger partial charge >= 0.3 is 0 Å². The van der Waals surface area contributed by atoms with Crippen LogP contribution in [0, 0.1) is 13.8 Å². The topological polar surface area (TPSA) is 8.29 Å². The quantitative estimate of drug-likeness (QED) is 0.152. The van der Waals surface area contributed by atoms with Crippen LogP contribution in [0.5, 0.6) is 0 Å². The first-order valence-corrected chi connectivity index (χ1v) is 12.2. The molecule has 3 aromatic heterocycles. The van der Waals surface area contributed by atoms with E-state index in [4.69, 9.17) is 0 Å². The maximum atomic E-state index is 2.53. The van der Waals surface area contributed by atoms with Gasteiger partial charge in [0.25, 0.3) is 0 Å². The van der Waals surface area contributed by atoms with Crippen LogP contribution in [-0.4, -0.2) is 4.40 Å². The molecule has 0 N–H and O–H groups in total. The number of rotatable bonds is 2. The highest BCUT2D eigenvalue weighted by Gasteiger charge is 2.25. The summed E-state index contributed by atoms with van der Waals surface area (Å²) in [5, 5.41) is 6.65. The number of hydrogen-bond donors (Lipinski definition) is 0. The van der Waals surface area contributed by atoms with Gasteiger partial charge in [-0.25, -0.2) is 4.57 Å². The molecule has 33 heavy (non-hydrogen) atoms. The minimum absolute atomic E-state index is 1.26. The van der Waals surface area contributed by atoms with Crippen molar-refractivity contribution >= 4 is 60.8 Å². The van der Waals surface area contributed by atoms with Gasteiger partial charge in [-0.3, -0.25) is 0 Å². The first-order chi connectivity index (χ1) is 16.1. The Kier molecular flexibility index (Phi) is 3.86. The molecule has 0 aliphatic carbocycles. The van der Waals surface area contributed by atoms with Crippen molar-refractivity contribution < 1.29 is 4.57 Å². The molecule has 0 atom stereocenters. The fourth-order valence-electron chi connectivity index (χ4n) is 5.54. The molecule has 158 valence electrons. The molecule has 0 bridgehead atoms. The van der Waals surface area contributed by atoms with Gasteiger partial charge in [0.1, 0.15) is 7.05 Å². The van der Waals surface area contributed by atoms with Gasteiger partial charge < -0.3 is 4.40 Å². The molecule has 3 heteroatoms. The predicted molar refractivity (Wildman–Crippen MR) is 140 cm³/mol. The van der Waals surface area contributed by atoms with Gasteiger partial charge in [0, 0.05) is 26.6 Å². The number of nitrogens with zero attached hydrogens (tertiary/aromatic N) is 2. The fraction of sp³-hybridized carbons (Fsp3) is 0.100. The smallest absolute Gasteiger partial charge is 0.224 e. The first-order valence-electron chi connectivity index (χ1n) is 11.4. The molecule has 7 aromatic rings. The monoisotopic (exact) mass is 443 g/mol. The van der Waals surface area contributed by atoms with Crippen LogP contribution in [0.2, 0.25) is 0 Å². The van der Waals surface area contributed by atoms with Crippen LogP contribution >= 0.6 is 11.8 Å². The molecule has 0 radical (unpaired) electrons. The van der Waals surface area contributed by atoms with E-state index in [0.717, 1.165) is 0 Å². The van der Waals surface area contributed by atoms with Crippen molar-refractivity contribution in [1.82, 2.24) is 4.40 Å². The van der Waals surface area contributed by atoms with E-state index < -0.39 is 0 Å². The van der Waals surface area contributed by atoms with Crippen molar-refractivity contribution in [3.8, 4) is 0 Å². The van der Waals surface area contributed by atoms with Crippen molar-refractivity contribution in [2.45, 2.75) is 23.6 Å². The summed E-state index contributed by atoms with van der Waals surface area (Å²) in [7, 11) is 2.17. The van der Waals surface area contributed by atoms with Crippen LogP contribution in [0.25, 0.3) is 49.0 Å². The lowest BCUT2D eigenvalue weighted by Gasteiger charge is -2.14. The summed E-state index contributed by atoms with van der Waals surface area (Å²) in [6.45, 7) is 4.52. The number of para-hydroxylation sites is 1. The maximum Gasteiger partial charge on any atom is 0.224 e. The summed E-state index contributed by atoms with van der Waals surface area (Å²) in [4.78, 5) is 2.55. The zero-order valence-electron chi connectivity index (χ0n) is 18.9. The highest BCUT2D eigenvalue weighted by Crippen LogP contribution is 2.44. The second-order valence-corrected chi connectivity index (χ2v) is 10.1. The van der Waals surface area contributed by atoms with Crippen molar-refractivity contribution in [2.24, 2.45) is 7.05 Å². The van der Waals surface area contributed by atoms with Gasteiger partial charge in [0.15, 0.2) is 6.20 Å². The third kappa shape index (κ3) is 2.49. The summed E-state index contributed by atoms with van der Waals surface area (Å²) < 4.78 is 4.83. The number of aryl methyl sites for hydroxylation is 3. The lowest BCUT2D eigenvalue weighted by molar-refractivity contribution is -0.643. The highest BCUT2D eigenvalue weighted by atomic mass is 32.2. The lowest BCUT2D eigenvalue weighted by Crippen LogP contribution is -2.29. The number of hydrogen-bond acceptors (Lipinski definition) is 1. The van der Waals surface area contributed by atoms with E-state index in [1.807, 2.05) is 11.8 Å². The van der Waals surface area contributed by atoms with Gasteiger partial charge in [0.05, 0.1) is 27.3 Å². The van der Waals surface area contributed by atoms with Gasteiger partial charge in [-0.05, 0) is 60.7 Å². The molecule has 0 saturated carbocycles. The van der Waals surface area contributed by atoms with Gasteiger partial charge in [-0.15, -0.1) is 0 Å². The number of benzene rings is 4. The van der Waals surface area contributed by atoms with Gasteiger partial charge in [-0.2, -0.15) is 0 Å². The molecule has 0 saturated heterocycles. The highest BCUT2D eigenvalue weighted by molar-refractivity contribution is 7.99. The summed E-state index contributed by atoms with van der Waals surface area (Å²) in [6, 6.07) is 28.8. The van der Waals surface area contributed by atoms with Crippen LogP contribution < -0.4 is 4.57 Å². The van der Waals surface area contributed by atoms with Crippen molar-refractivity contribution in [2.75, 3.05) is 0 Å². The van der Waals surface area contributed by atoms with Gasteiger partial charge in [-0.1, -0.05) is 54.2 Å². The van der Waals surface area contributed by atoms with E-state index >= 15 is 0 Å². The summed E-state index contributed by atoms with van der Waals surface area (Å²) in [6.07, 6.45) is 2.20. The Bertz CT molecular complexity index is 1860. The molecule has 0 aliphatic rings. The van der Waals surface area contributed by atoms with Crippen molar-refractivity contribution in [3.63, 3.8) is 0 Å². The SMILES string of the molecule is Cc1cc2c3cccc(Sc4ccccc4)c3n3c4cccc5cc[n+](C)c(c(c1C)c23)c54. The second-order valence-electron chi connectivity index (χ2n) is 9.01. The van der Waals surface area contributed by atoms with E-state index in [-0.39, 0.29) is 0 Å². The average molecular weight is 444 g/mol. The zero-order chi connectivity index (χ0) is 22.3. The van der Waals surface area contributed by atoms with E-state index in [0.29, 0.717) is 0 Å². The lowest BCUT2D eigenvalue weighted by atomic mass is 9.97. The van der Waals surface area contributed by atoms with Crippen LogP contribution in [0.15, 0.2) is 94.9 Å². The predicted octanol–water partition coefficient (Wildman–Crippen LogP) is 7.58. The molecule has 0 fully saturated rings. The fourth-order valence-corrected chi connectivity index (χ4v) is 6.53. The Labute approximate surface area is 196 Å². The molecular weight excluding hydrogens is 420 g/mol. The molecule has 4 aromatic carbocycles. The minimum atomic E-state index is 1.26. The number of fused-ring (bicyclic) bond motifs is 5. The largest absolute Gasteiger partial charge is 0.306 e. The van der Waals surface area contributed by atoms with Gasteiger partial charge in [0.2, 0.25) is 5.52 Å². The van der Waals surface area contributed by atoms with E-state index in [9.17, 15) is 0 Å². The number of aromatic nitrogens is 2. The summed E-state index contributed by atoms with van der Waals surface area (Å²) >= 11 is 1.85. The average Bonchev–Trinajstić information content (AvgIpc) is 3.16. The molecule has 3 heterocycles. The summed E-state index contributed by atoms with van der Waals surface area (Å²) in [5.41, 5.74) is 7.93. The number of pyridine rings is 2. The molecule has 0 spiro atoms. The third-order valence-corrected chi connectivity index (χ3v) is 8.20. The minimum Gasteiger partial charge on any atom is -0.306 e.